The summed E-state index contributed by atoms with van der Waals surface area (Å²) in [6.45, 7) is 4.64. The maximum absolute atomic E-state index is 14.9. The Hall–Kier alpha value is -6.51. The molecule has 4 aromatic carbocycles. The number of nitrogens with two attached hydrogens (primary N) is 1. The summed E-state index contributed by atoms with van der Waals surface area (Å²) in [7, 11) is 0. The average molecular weight is 955 g/mol. The molecule has 6 atom stereocenters. The fraction of sp³-hybridized carbons (Fsp3) is 0.446. The predicted molar refractivity (Wildman–Crippen MR) is 271 cm³/mol. The number of unbranched alkanes of at least 4 members (excludes halogenated alkanes) is 1. The normalized spacial score (nSPS) is 16.8. The molecule has 4 aromatic rings. The number of carbonyl (C=O) groups is 7. The van der Waals surface area contributed by atoms with E-state index in [2.05, 4.69) is 38.7 Å². The Morgan fingerprint density at radius 3 is 1.99 bits per heavy atom. The van der Waals surface area contributed by atoms with Gasteiger partial charge >= 0.3 is 0 Å². The van der Waals surface area contributed by atoms with Crippen LogP contribution in [0, 0.1) is 29.6 Å². The Labute approximate surface area is 410 Å². The summed E-state index contributed by atoms with van der Waals surface area (Å²) in [5.41, 5.74) is 7.25. The number of rotatable bonds is 26. The van der Waals surface area contributed by atoms with E-state index in [1.54, 1.807) is 13.8 Å². The maximum Gasteiger partial charge on any atom is 0.239 e. The van der Waals surface area contributed by atoms with Crippen molar-refractivity contribution in [3.63, 3.8) is 0 Å². The molecule has 1 heterocycles. The number of Topliss-reactive ketones (excluding diaryl/α,β-unsaturated/α-hetero) is 2. The minimum Gasteiger partial charge on any atom is -0.396 e. The first-order valence-electron chi connectivity index (χ1n) is 24.9. The molecule has 0 bridgehead atoms. The summed E-state index contributed by atoms with van der Waals surface area (Å²) in [4.78, 5) is 95.9. The van der Waals surface area contributed by atoms with Crippen molar-refractivity contribution in [2.75, 3.05) is 26.2 Å². The Balaban J connectivity index is 1.23. The van der Waals surface area contributed by atoms with Crippen LogP contribution in [0.4, 0.5) is 0 Å². The third-order valence-corrected chi connectivity index (χ3v) is 13.6. The number of amides is 5. The Kier molecular flexibility index (Phi) is 20.0. The molecule has 8 N–H and O–H groups in total. The second kappa shape index (κ2) is 26.5. The van der Waals surface area contributed by atoms with Crippen LogP contribution < -0.4 is 42.8 Å². The van der Waals surface area contributed by atoms with Gasteiger partial charge in [-0.3, -0.25) is 33.6 Å². The van der Waals surface area contributed by atoms with Gasteiger partial charge in [-0.15, -0.1) is 0 Å². The van der Waals surface area contributed by atoms with Crippen molar-refractivity contribution in [2.24, 2.45) is 35.3 Å². The highest BCUT2D eigenvalue weighted by Crippen LogP contribution is 2.26. The topological polar surface area (TPSA) is 226 Å². The summed E-state index contributed by atoms with van der Waals surface area (Å²) < 4.78 is 0. The molecule has 1 fully saturated rings. The lowest BCUT2D eigenvalue weighted by Crippen LogP contribution is -2.50. The van der Waals surface area contributed by atoms with Crippen LogP contribution in [0.1, 0.15) is 82.8 Å². The number of aliphatic hydroxyl groups is 1. The second-order valence-electron chi connectivity index (χ2n) is 19.3. The van der Waals surface area contributed by atoms with Crippen LogP contribution in [0.25, 0.3) is 22.9 Å². The highest BCUT2D eigenvalue weighted by molar-refractivity contribution is 5.97. The first-order chi connectivity index (χ1) is 33.8. The molecule has 1 saturated heterocycles. The molecule has 1 unspecified atom stereocenters. The van der Waals surface area contributed by atoms with E-state index in [1.807, 2.05) is 97.1 Å². The fourth-order valence-electron chi connectivity index (χ4n) is 9.34. The van der Waals surface area contributed by atoms with Crippen molar-refractivity contribution in [1.29, 1.82) is 0 Å². The van der Waals surface area contributed by atoms with E-state index in [0.29, 0.717) is 51.7 Å². The number of fused-ring (bicyclic) bond motifs is 2. The number of nitrogens with one attached hydrogen (secondary N) is 5. The molecule has 70 heavy (non-hydrogen) atoms. The van der Waals surface area contributed by atoms with Gasteiger partial charge in [0.25, 0.3) is 0 Å². The molecular weight excluding hydrogens is 885 g/mol. The molecule has 1 aliphatic heterocycles. The van der Waals surface area contributed by atoms with E-state index in [0.717, 1.165) is 32.3 Å². The van der Waals surface area contributed by atoms with E-state index in [-0.39, 0.29) is 67.5 Å². The smallest absolute Gasteiger partial charge is 0.239 e. The van der Waals surface area contributed by atoms with E-state index in [9.17, 15) is 38.7 Å². The van der Waals surface area contributed by atoms with Crippen LogP contribution in [0.3, 0.4) is 0 Å². The summed E-state index contributed by atoms with van der Waals surface area (Å²) in [6.07, 6.45) is 7.23. The fourth-order valence-corrected chi connectivity index (χ4v) is 9.34. The molecule has 6 rings (SSSR count). The quantitative estimate of drug-likeness (QED) is 0.0458. The van der Waals surface area contributed by atoms with Crippen molar-refractivity contribution < 1.29 is 38.7 Å². The molecule has 5 amide bonds. The van der Waals surface area contributed by atoms with Crippen molar-refractivity contribution in [3.8, 4) is 0 Å². The third-order valence-electron chi connectivity index (χ3n) is 13.6. The maximum atomic E-state index is 14.9. The van der Waals surface area contributed by atoms with Gasteiger partial charge in [-0.25, -0.2) is 0 Å². The first kappa shape index (κ1) is 52.9. The van der Waals surface area contributed by atoms with Crippen LogP contribution in [-0.4, -0.2) is 90.6 Å². The molecule has 0 radical (unpaired) electrons. The number of hydrogen-bond donors (Lipinski definition) is 7. The monoisotopic (exact) mass is 955 g/mol. The summed E-state index contributed by atoms with van der Waals surface area (Å²) >= 11 is 0. The van der Waals surface area contributed by atoms with Crippen LogP contribution >= 0.6 is 0 Å². The van der Waals surface area contributed by atoms with Crippen molar-refractivity contribution in [2.45, 2.75) is 103 Å². The van der Waals surface area contributed by atoms with E-state index in [4.69, 9.17) is 5.73 Å². The van der Waals surface area contributed by atoms with Gasteiger partial charge in [0.1, 0.15) is 6.04 Å². The zero-order valence-corrected chi connectivity index (χ0v) is 40.5. The van der Waals surface area contributed by atoms with Crippen LogP contribution in [0.15, 0.2) is 97.1 Å². The predicted octanol–water partition coefficient (Wildman–Crippen LogP) is 3.32. The standard InChI is InChI=1S/C56H70N6O8/c1-36(2)53(67)59-25-11-10-18-47(52(57)66)60-56(70)46(35-63)34-51(65)48(31-37-12-4-3-5-13-37)62-55(69)45(30-38-19-21-40-14-6-8-16-43(40)28-38)33-50(64)49(61-54(68)42-23-26-58-27-24-42)32-39-20-22-41-15-7-9-17-44(41)29-39/h3-9,12-17,20-22,28-29,36,38,42,45-49,58,63H,10-11,18-19,23-27,30-35H2,1-2H3,(H2,57,66)(H,59,67)(H,60,70)(H,61,68)(H,62,69)/t38?,45-,46-,47-,48-,49+/m0/s1. The van der Waals surface area contributed by atoms with Crippen molar-refractivity contribution >= 4 is 64.0 Å². The SMILES string of the molecule is CC(C)C(=O)NCCCC[C@H](NC(=O)[C@H](CO)CC(=O)[C@H](Cc1ccccc1)NC(=O)[C@H](CC(=O)[C@@H](Cc1ccc2ccccc2c1)NC(=O)C1CCNCC1)CC1C=c2ccccc2=CC1)C(N)=O. The van der Waals surface area contributed by atoms with Gasteiger partial charge in [-0.2, -0.15) is 0 Å². The Morgan fingerprint density at radius 1 is 0.671 bits per heavy atom. The van der Waals surface area contributed by atoms with Gasteiger partial charge < -0.3 is 37.4 Å². The zero-order chi connectivity index (χ0) is 50.0. The zero-order valence-electron chi connectivity index (χ0n) is 40.5. The number of ketones is 2. The van der Waals surface area contributed by atoms with Crippen LogP contribution in [-0.2, 0) is 46.4 Å². The lowest BCUT2D eigenvalue weighted by Gasteiger charge is -2.28. The summed E-state index contributed by atoms with van der Waals surface area (Å²) in [5, 5.41) is 29.4. The number of benzene rings is 4. The molecule has 14 heteroatoms. The van der Waals surface area contributed by atoms with E-state index < -0.39 is 66.5 Å². The molecule has 0 aromatic heterocycles. The molecule has 14 nitrogen and oxygen atoms in total. The van der Waals surface area contributed by atoms with Crippen LogP contribution in [0.5, 0.6) is 0 Å². The summed E-state index contributed by atoms with van der Waals surface area (Å²) in [6, 6.07) is 27.8. The Bertz CT molecular complexity index is 2580. The summed E-state index contributed by atoms with van der Waals surface area (Å²) in [5.74, 6) is -5.89. The lowest BCUT2D eigenvalue weighted by molar-refractivity contribution is -0.136. The lowest BCUT2D eigenvalue weighted by atomic mass is 9.83. The molecule has 372 valence electrons. The van der Waals surface area contributed by atoms with Gasteiger partial charge in [0.2, 0.25) is 29.5 Å². The van der Waals surface area contributed by atoms with E-state index >= 15 is 0 Å². The van der Waals surface area contributed by atoms with Gasteiger partial charge in [0.15, 0.2) is 11.6 Å². The molecule has 0 spiro atoms. The average Bonchev–Trinajstić information content (AvgIpc) is 3.36. The third kappa shape index (κ3) is 15.8. The highest BCUT2D eigenvalue weighted by atomic mass is 16.3. The van der Waals surface area contributed by atoms with E-state index in [1.165, 1.54) is 0 Å². The molecular formula is C56H70N6O8. The minimum atomic E-state index is -1.26. The molecule has 1 aliphatic carbocycles. The number of piperidine rings is 1. The second-order valence-corrected chi connectivity index (χ2v) is 19.3. The van der Waals surface area contributed by atoms with Crippen molar-refractivity contribution in [1.82, 2.24) is 26.6 Å². The van der Waals surface area contributed by atoms with Gasteiger partial charge in [0.05, 0.1) is 24.6 Å². The molecule has 2 aliphatic rings. The largest absolute Gasteiger partial charge is 0.396 e. The molecule has 0 saturated carbocycles. The minimum absolute atomic E-state index is 0.0662. The number of aliphatic hydroxyl groups excluding tert-OH is 1. The van der Waals surface area contributed by atoms with Gasteiger partial charge in [0, 0.05) is 37.1 Å². The number of primary amides is 1. The number of carbonyl (C=O) groups excluding carboxylic acids is 7. The van der Waals surface area contributed by atoms with Crippen LogP contribution in [0.2, 0.25) is 0 Å². The Morgan fingerprint density at radius 2 is 1.29 bits per heavy atom. The highest BCUT2D eigenvalue weighted by Gasteiger charge is 2.35. The van der Waals surface area contributed by atoms with Gasteiger partial charge in [-0.1, -0.05) is 123 Å². The number of hydrogen-bond acceptors (Lipinski definition) is 9. The van der Waals surface area contributed by atoms with Gasteiger partial charge in [-0.05, 0) is 109 Å². The first-order valence-corrected chi connectivity index (χ1v) is 24.9. The van der Waals surface area contributed by atoms with Crippen molar-refractivity contribution in [3.05, 3.63) is 119 Å².